The van der Waals surface area contributed by atoms with Gasteiger partial charge < -0.3 is 18.8 Å². The summed E-state index contributed by atoms with van der Waals surface area (Å²) in [5, 5.41) is 19.3. The Kier molecular flexibility index (Phi) is 7.45. The Hall–Kier alpha value is -3.71. The molecule has 12 nitrogen and oxygen atoms in total. The van der Waals surface area contributed by atoms with Crippen molar-refractivity contribution < 1.29 is 28.4 Å². The van der Waals surface area contributed by atoms with Gasteiger partial charge in [-0.1, -0.05) is 56.7 Å². The first-order valence-corrected chi connectivity index (χ1v) is 16.5. The maximum absolute atomic E-state index is 14.6. The first-order valence-electron chi connectivity index (χ1n) is 15.0. The van der Waals surface area contributed by atoms with Crippen LogP contribution in [0.1, 0.15) is 51.8 Å². The predicted octanol–water partition coefficient (Wildman–Crippen LogP) is 6.83. The number of hydrazone groups is 1. The van der Waals surface area contributed by atoms with E-state index in [-0.39, 0.29) is 19.0 Å². The zero-order valence-electron chi connectivity index (χ0n) is 27.2. The summed E-state index contributed by atoms with van der Waals surface area (Å²) in [4.78, 5) is 35.2. The van der Waals surface area contributed by atoms with E-state index in [1.54, 1.807) is 45.7 Å². The Morgan fingerprint density at radius 1 is 0.896 bits per heavy atom. The van der Waals surface area contributed by atoms with Crippen LogP contribution in [-0.4, -0.2) is 57.6 Å². The van der Waals surface area contributed by atoms with Crippen LogP contribution in [0.25, 0.3) is 0 Å². The van der Waals surface area contributed by atoms with E-state index in [2.05, 4.69) is 10.3 Å². The number of carbonyl (C=O) groups is 2. The van der Waals surface area contributed by atoms with E-state index in [0.717, 1.165) is 0 Å². The molecule has 0 N–H and O–H groups in total. The molecule has 48 heavy (non-hydrogen) atoms. The van der Waals surface area contributed by atoms with Gasteiger partial charge >= 0.3 is 17.6 Å². The molecule has 16 heteroatoms. The molecule has 3 aromatic rings. The number of aromatic nitrogens is 1. The number of carbonyl (C=O) groups excluding carboxylic acids is 2. The molecule has 2 aromatic carbocycles. The van der Waals surface area contributed by atoms with Gasteiger partial charge in [-0.25, -0.2) is 19.6 Å². The number of esters is 2. The third-order valence-corrected chi connectivity index (χ3v) is 11.9. The zero-order chi connectivity index (χ0) is 34.8. The molecule has 7 rings (SSSR count). The molecule has 2 saturated heterocycles. The number of cyclic esters (lactones) is 1. The number of nitrogens with zero attached hydrogens (tertiary/aromatic N) is 6. The van der Waals surface area contributed by atoms with E-state index in [4.69, 9.17) is 70.3 Å². The number of ether oxygens (including phenoxy) is 2. The van der Waals surface area contributed by atoms with Gasteiger partial charge in [0, 0.05) is 6.07 Å². The van der Waals surface area contributed by atoms with Gasteiger partial charge in [-0.2, -0.15) is 0 Å². The van der Waals surface area contributed by atoms with Crippen molar-refractivity contribution in [3.63, 3.8) is 0 Å². The van der Waals surface area contributed by atoms with Crippen LogP contribution in [0.15, 0.2) is 20.8 Å². The molecule has 0 radical (unpaired) electrons. The van der Waals surface area contributed by atoms with Gasteiger partial charge in [0.2, 0.25) is 0 Å². The molecule has 0 unspecified atom stereocenters. The van der Waals surface area contributed by atoms with Gasteiger partial charge in [-0.05, 0) is 88.8 Å². The lowest BCUT2D eigenvalue weighted by Crippen LogP contribution is -2.68. The highest BCUT2D eigenvalue weighted by Gasteiger charge is 2.87. The zero-order valence-corrected chi connectivity index (χ0v) is 30.2. The SMILES string of the molecule is CC1=NO[C@]23COC(=O)[C@]24N(c2c(C)c(Cl)c(C)c(Cl)c2C)N=C(C(=O)OCc2cc(C)no2)N4N(c2c(C)c(Cl)c(C)c(Cl)c2C)[C@H]13. The Morgan fingerprint density at radius 2 is 1.46 bits per heavy atom. The van der Waals surface area contributed by atoms with E-state index in [1.807, 2.05) is 20.8 Å². The van der Waals surface area contributed by atoms with Gasteiger partial charge in [0.15, 0.2) is 12.4 Å². The molecule has 0 aliphatic carbocycles. The topological polar surface area (TPSA) is 122 Å². The van der Waals surface area contributed by atoms with Crippen molar-refractivity contribution in [1.82, 2.24) is 10.2 Å². The van der Waals surface area contributed by atoms with E-state index < -0.39 is 29.2 Å². The van der Waals surface area contributed by atoms with Gasteiger partial charge in [-0.15, -0.1) is 5.10 Å². The molecule has 0 bridgehead atoms. The van der Waals surface area contributed by atoms with Crippen molar-refractivity contribution in [2.75, 3.05) is 16.6 Å². The highest BCUT2D eigenvalue weighted by Crippen LogP contribution is 2.61. The Labute approximate surface area is 296 Å². The van der Waals surface area contributed by atoms with Gasteiger partial charge in [-0.3, -0.25) is 5.01 Å². The molecule has 5 heterocycles. The first kappa shape index (κ1) is 32.8. The van der Waals surface area contributed by atoms with Crippen molar-refractivity contribution in [2.45, 2.75) is 79.3 Å². The second-order valence-corrected chi connectivity index (χ2v) is 14.0. The van der Waals surface area contributed by atoms with Crippen molar-refractivity contribution >= 4 is 81.3 Å². The summed E-state index contributed by atoms with van der Waals surface area (Å²) in [6, 6.07) is 0.846. The summed E-state index contributed by atoms with van der Waals surface area (Å²) in [6.07, 6.45) is 0. The summed E-state index contributed by atoms with van der Waals surface area (Å²) in [5.74, 6) is -1.56. The number of benzene rings is 2. The van der Waals surface area contributed by atoms with Gasteiger partial charge in [0.25, 0.3) is 11.4 Å². The second-order valence-electron chi connectivity index (χ2n) is 12.5. The molecule has 4 aliphatic heterocycles. The van der Waals surface area contributed by atoms with Crippen LogP contribution in [0.4, 0.5) is 11.4 Å². The van der Waals surface area contributed by atoms with Crippen LogP contribution in [0, 0.1) is 48.5 Å². The predicted molar refractivity (Wildman–Crippen MR) is 181 cm³/mol. The van der Waals surface area contributed by atoms with Gasteiger partial charge in [0.05, 0.1) is 42.9 Å². The number of halogens is 4. The van der Waals surface area contributed by atoms with Crippen LogP contribution < -0.4 is 10.0 Å². The molecular weight excluding hydrogens is 706 g/mol. The summed E-state index contributed by atoms with van der Waals surface area (Å²) in [7, 11) is 0. The summed E-state index contributed by atoms with van der Waals surface area (Å²) < 4.78 is 16.9. The third-order valence-electron chi connectivity index (χ3n) is 9.65. The highest BCUT2D eigenvalue weighted by atomic mass is 35.5. The molecule has 0 amide bonds. The highest BCUT2D eigenvalue weighted by molar-refractivity contribution is 6.40. The van der Waals surface area contributed by atoms with E-state index in [1.165, 1.54) is 10.0 Å². The Bertz CT molecular complexity index is 1990. The van der Waals surface area contributed by atoms with Gasteiger partial charge in [0.1, 0.15) is 12.6 Å². The fraction of sp³-hybridized carbons (Fsp3) is 0.406. The van der Waals surface area contributed by atoms with Crippen LogP contribution in [0.3, 0.4) is 0 Å². The number of hydrazine groups is 1. The number of aryl methyl sites for hydroxylation is 1. The Morgan fingerprint density at radius 3 is 2.00 bits per heavy atom. The molecule has 3 atom stereocenters. The number of hydrogen-bond donors (Lipinski definition) is 0. The average molecular weight is 736 g/mol. The average Bonchev–Trinajstić information content (AvgIpc) is 3.84. The lowest BCUT2D eigenvalue weighted by atomic mass is 9.82. The van der Waals surface area contributed by atoms with E-state index in [9.17, 15) is 9.59 Å². The third kappa shape index (κ3) is 3.94. The van der Waals surface area contributed by atoms with E-state index >= 15 is 0 Å². The number of amidine groups is 1. The van der Waals surface area contributed by atoms with Crippen molar-refractivity contribution in [1.29, 1.82) is 0 Å². The Balaban J connectivity index is 1.54. The fourth-order valence-electron chi connectivity index (χ4n) is 7.44. The van der Waals surface area contributed by atoms with E-state index in [0.29, 0.717) is 82.0 Å². The lowest BCUT2D eigenvalue weighted by molar-refractivity contribution is -0.147. The second kappa shape index (κ2) is 10.9. The minimum absolute atomic E-state index is 0.229. The minimum Gasteiger partial charge on any atom is -0.458 e. The number of hydrogen-bond acceptors (Lipinski definition) is 12. The monoisotopic (exact) mass is 734 g/mol. The fourth-order valence-corrected chi connectivity index (χ4v) is 8.27. The number of oxime groups is 1. The molecule has 2 fully saturated rings. The number of anilines is 2. The maximum Gasteiger partial charge on any atom is 0.378 e. The maximum atomic E-state index is 14.6. The largest absolute Gasteiger partial charge is 0.458 e. The lowest BCUT2D eigenvalue weighted by Gasteiger charge is -2.41. The molecular formula is C32H30Cl4N6O6. The van der Waals surface area contributed by atoms with Crippen molar-refractivity contribution in [3.05, 3.63) is 71.0 Å². The quantitative estimate of drug-likeness (QED) is 0.258. The van der Waals surface area contributed by atoms with Crippen LogP contribution in [-0.2, 0) is 30.5 Å². The molecule has 4 aliphatic rings. The smallest absolute Gasteiger partial charge is 0.378 e. The molecule has 2 spiro atoms. The molecule has 252 valence electrons. The summed E-state index contributed by atoms with van der Waals surface area (Å²) >= 11 is 27.4. The van der Waals surface area contributed by atoms with Crippen LogP contribution in [0.5, 0.6) is 0 Å². The van der Waals surface area contributed by atoms with Crippen LogP contribution >= 0.6 is 46.4 Å². The van der Waals surface area contributed by atoms with Crippen molar-refractivity contribution in [2.24, 2.45) is 10.3 Å². The summed E-state index contributed by atoms with van der Waals surface area (Å²) in [5.41, 5.74) is 2.25. The first-order chi connectivity index (χ1) is 22.6. The van der Waals surface area contributed by atoms with Crippen molar-refractivity contribution in [3.8, 4) is 0 Å². The molecule has 1 aromatic heterocycles. The summed E-state index contributed by atoms with van der Waals surface area (Å²) in [6.45, 7) is 13.9. The number of rotatable bonds is 5. The normalized spacial score (nSPS) is 24.0. The van der Waals surface area contributed by atoms with Crippen LogP contribution in [0.2, 0.25) is 20.1 Å². The molecule has 0 saturated carbocycles. The minimum atomic E-state index is -1.98. The standard InChI is InChI=1S/C32H30Cl4N6O6/c1-12-9-20(47-38-12)10-45-29(43)28-37-41(26-17(6)23(35)14(3)24(36)18(26)7)32-30(44)46-11-31(32)27(19(8)39-48-31)40(42(28)32)25-15(4)21(33)13(2)22(34)16(25)5/h9,27H,10-11H2,1-8H3/t27-,31+,32-/m1/s1.